The molecule has 0 saturated carbocycles. The SMILES string of the molecule is CC(C)(C)OC(=O)N1CCC(COc2cc3ccccc3cc2-c2cc(N)n[nH]2)C1. The van der Waals surface area contributed by atoms with Gasteiger partial charge < -0.3 is 20.1 Å². The number of carbonyl (C=O) groups is 1. The summed E-state index contributed by atoms with van der Waals surface area (Å²) < 4.78 is 11.7. The number of hydrogen-bond acceptors (Lipinski definition) is 5. The number of fused-ring (bicyclic) bond motifs is 1. The first-order chi connectivity index (χ1) is 14.3. The first-order valence-electron chi connectivity index (χ1n) is 10.2. The van der Waals surface area contributed by atoms with Crippen LogP contribution in [-0.4, -0.2) is 46.5 Å². The van der Waals surface area contributed by atoms with E-state index in [4.69, 9.17) is 15.2 Å². The number of rotatable bonds is 4. The van der Waals surface area contributed by atoms with Crippen molar-refractivity contribution in [2.75, 3.05) is 25.4 Å². The highest BCUT2D eigenvalue weighted by Crippen LogP contribution is 2.34. The van der Waals surface area contributed by atoms with E-state index >= 15 is 0 Å². The van der Waals surface area contributed by atoms with Crippen LogP contribution < -0.4 is 10.5 Å². The minimum atomic E-state index is -0.489. The fourth-order valence-corrected chi connectivity index (χ4v) is 3.69. The molecular weight excluding hydrogens is 380 g/mol. The van der Waals surface area contributed by atoms with Gasteiger partial charge >= 0.3 is 6.09 Å². The van der Waals surface area contributed by atoms with Crippen LogP contribution in [0.5, 0.6) is 5.75 Å². The molecule has 0 spiro atoms. The zero-order valence-electron chi connectivity index (χ0n) is 17.6. The van der Waals surface area contributed by atoms with Crippen molar-refractivity contribution in [1.82, 2.24) is 15.1 Å². The molecule has 1 unspecified atom stereocenters. The maximum absolute atomic E-state index is 12.3. The lowest BCUT2D eigenvalue weighted by Gasteiger charge is -2.24. The highest BCUT2D eigenvalue weighted by molar-refractivity contribution is 5.90. The number of nitrogens with one attached hydrogen (secondary N) is 1. The number of ether oxygens (including phenoxy) is 2. The van der Waals surface area contributed by atoms with Crippen molar-refractivity contribution >= 4 is 22.7 Å². The molecule has 0 bridgehead atoms. The lowest BCUT2D eigenvalue weighted by Crippen LogP contribution is -2.35. The molecule has 0 radical (unpaired) electrons. The number of carbonyl (C=O) groups excluding carboxylic acids is 1. The Morgan fingerprint density at radius 3 is 2.63 bits per heavy atom. The standard InChI is InChI=1S/C23H28N4O3/c1-23(2,3)30-22(28)27-9-8-15(13-27)14-29-20-11-17-7-5-4-6-16(17)10-18(20)19-12-21(24)26-25-19/h4-7,10-12,15H,8-9,13-14H2,1-3H3,(H3,24,25,26). The minimum Gasteiger partial charge on any atom is -0.493 e. The van der Waals surface area contributed by atoms with Crippen molar-refractivity contribution in [3.05, 3.63) is 42.5 Å². The predicted molar refractivity (Wildman–Crippen MR) is 117 cm³/mol. The monoisotopic (exact) mass is 408 g/mol. The number of nitrogens with two attached hydrogens (primary N) is 1. The van der Waals surface area contributed by atoms with Crippen molar-refractivity contribution in [2.24, 2.45) is 5.92 Å². The Labute approximate surface area is 176 Å². The average molecular weight is 409 g/mol. The van der Waals surface area contributed by atoms with Crippen LogP contribution >= 0.6 is 0 Å². The third kappa shape index (κ3) is 4.50. The van der Waals surface area contributed by atoms with Crippen LogP contribution in [0.4, 0.5) is 10.6 Å². The number of benzene rings is 2. The fraction of sp³-hybridized carbons (Fsp3) is 0.391. The van der Waals surface area contributed by atoms with Crippen LogP contribution in [-0.2, 0) is 4.74 Å². The van der Waals surface area contributed by atoms with Crippen LogP contribution in [0.1, 0.15) is 27.2 Å². The van der Waals surface area contributed by atoms with Crippen molar-refractivity contribution in [1.29, 1.82) is 0 Å². The molecule has 7 heteroatoms. The van der Waals surface area contributed by atoms with Crippen molar-refractivity contribution < 1.29 is 14.3 Å². The van der Waals surface area contributed by atoms with Crippen LogP contribution in [0.3, 0.4) is 0 Å². The quantitative estimate of drug-likeness (QED) is 0.665. The Morgan fingerprint density at radius 1 is 1.23 bits per heavy atom. The second kappa shape index (κ2) is 7.89. The molecule has 1 aliphatic rings. The largest absolute Gasteiger partial charge is 0.493 e. The van der Waals surface area contributed by atoms with Gasteiger partial charge in [-0.05, 0) is 50.1 Å². The van der Waals surface area contributed by atoms with E-state index in [9.17, 15) is 4.79 Å². The van der Waals surface area contributed by atoms with Gasteiger partial charge in [0.25, 0.3) is 0 Å². The third-order valence-corrected chi connectivity index (χ3v) is 5.15. The van der Waals surface area contributed by atoms with Gasteiger partial charge in [-0.15, -0.1) is 0 Å². The number of amides is 1. The van der Waals surface area contributed by atoms with Gasteiger partial charge in [-0.3, -0.25) is 5.10 Å². The number of anilines is 1. The van der Waals surface area contributed by atoms with Crippen LogP contribution in [0, 0.1) is 5.92 Å². The molecule has 1 atom stereocenters. The van der Waals surface area contributed by atoms with E-state index in [1.807, 2.05) is 39.0 Å². The zero-order valence-corrected chi connectivity index (χ0v) is 17.6. The smallest absolute Gasteiger partial charge is 0.410 e. The zero-order chi connectivity index (χ0) is 21.3. The molecule has 3 N–H and O–H groups in total. The predicted octanol–water partition coefficient (Wildman–Crippen LogP) is 4.45. The minimum absolute atomic E-state index is 0.253. The van der Waals surface area contributed by atoms with E-state index in [0.29, 0.717) is 25.5 Å². The van der Waals surface area contributed by atoms with Crippen LogP contribution in [0.25, 0.3) is 22.0 Å². The Bertz CT molecular complexity index is 1050. The molecule has 2 heterocycles. The van der Waals surface area contributed by atoms with Crippen molar-refractivity contribution in [2.45, 2.75) is 32.8 Å². The lowest BCUT2D eigenvalue weighted by molar-refractivity contribution is 0.0285. The maximum Gasteiger partial charge on any atom is 0.410 e. The highest BCUT2D eigenvalue weighted by atomic mass is 16.6. The van der Waals surface area contributed by atoms with Gasteiger partial charge in [0.2, 0.25) is 0 Å². The highest BCUT2D eigenvalue weighted by Gasteiger charge is 2.30. The van der Waals surface area contributed by atoms with Gasteiger partial charge in [-0.25, -0.2) is 4.79 Å². The van der Waals surface area contributed by atoms with Gasteiger partial charge in [0, 0.05) is 30.6 Å². The van der Waals surface area contributed by atoms with Crippen LogP contribution in [0.15, 0.2) is 42.5 Å². The Kier molecular flexibility index (Phi) is 5.28. The summed E-state index contributed by atoms with van der Waals surface area (Å²) in [5.41, 5.74) is 7.05. The van der Waals surface area contributed by atoms with Gasteiger partial charge in [0.05, 0.1) is 12.3 Å². The molecule has 1 amide bonds. The maximum atomic E-state index is 12.3. The number of nitrogen functional groups attached to an aromatic ring is 1. The van der Waals surface area contributed by atoms with E-state index in [1.165, 1.54) is 0 Å². The number of likely N-dealkylation sites (tertiary alicyclic amines) is 1. The summed E-state index contributed by atoms with van der Waals surface area (Å²) in [7, 11) is 0. The molecule has 158 valence electrons. The summed E-state index contributed by atoms with van der Waals surface area (Å²) >= 11 is 0. The molecule has 1 aliphatic heterocycles. The first kappa shape index (κ1) is 20.1. The molecule has 4 rings (SSSR count). The summed E-state index contributed by atoms with van der Waals surface area (Å²) in [6, 6.07) is 14.1. The van der Waals surface area contributed by atoms with Crippen LogP contribution in [0.2, 0.25) is 0 Å². The third-order valence-electron chi connectivity index (χ3n) is 5.15. The molecule has 0 aliphatic carbocycles. The van der Waals surface area contributed by atoms with Crippen molar-refractivity contribution in [3.63, 3.8) is 0 Å². The van der Waals surface area contributed by atoms with Gasteiger partial charge in [-0.1, -0.05) is 24.3 Å². The Balaban J connectivity index is 1.49. The molecule has 1 saturated heterocycles. The Morgan fingerprint density at radius 2 is 1.97 bits per heavy atom. The molecule has 1 fully saturated rings. The molecule has 1 aromatic heterocycles. The number of nitrogens with zero attached hydrogens (tertiary/aromatic N) is 2. The van der Waals surface area contributed by atoms with E-state index in [2.05, 4.69) is 28.4 Å². The van der Waals surface area contributed by atoms with Gasteiger partial charge in [0.15, 0.2) is 0 Å². The average Bonchev–Trinajstić information content (AvgIpc) is 3.33. The Hall–Kier alpha value is -3.22. The molecular formula is C23H28N4O3. The van der Waals surface area contributed by atoms with E-state index in [1.54, 1.807) is 11.0 Å². The number of hydrogen-bond donors (Lipinski definition) is 2. The van der Waals surface area contributed by atoms with Crippen molar-refractivity contribution in [3.8, 4) is 17.0 Å². The number of aromatic nitrogens is 2. The van der Waals surface area contributed by atoms with E-state index in [-0.39, 0.29) is 12.0 Å². The molecule has 2 aromatic carbocycles. The van der Waals surface area contributed by atoms with Gasteiger partial charge in [0.1, 0.15) is 17.2 Å². The normalized spacial score (nSPS) is 16.8. The second-order valence-corrected chi connectivity index (χ2v) is 8.79. The summed E-state index contributed by atoms with van der Waals surface area (Å²) in [4.78, 5) is 14.1. The lowest BCUT2D eigenvalue weighted by atomic mass is 10.0. The van der Waals surface area contributed by atoms with Gasteiger partial charge in [-0.2, -0.15) is 5.10 Å². The van der Waals surface area contributed by atoms with E-state index in [0.717, 1.165) is 34.2 Å². The van der Waals surface area contributed by atoms with E-state index < -0.39 is 5.60 Å². The summed E-state index contributed by atoms with van der Waals surface area (Å²) in [5, 5.41) is 9.24. The molecule has 7 nitrogen and oxygen atoms in total. The molecule has 3 aromatic rings. The summed E-state index contributed by atoms with van der Waals surface area (Å²) in [5.74, 6) is 1.46. The second-order valence-electron chi connectivity index (χ2n) is 8.79. The topological polar surface area (TPSA) is 93.5 Å². The summed E-state index contributed by atoms with van der Waals surface area (Å²) in [6.45, 7) is 7.48. The molecule has 30 heavy (non-hydrogen) atoms. The number of H-pyrrole nitrogens is 1. The fourth-order valence-electron chi connectivity index (χ4n) is 3.69. The number of aromatic amines is 1. The first-order valence-corrected chi connectivity index (χ1v) is 10.2. The summed E-state index contributed by atoms with van der Waals surface area (Å²) in [6.07, 6.45) is 0.628.